The molecule has 1 atom stereocenters. The van der Waals surface area contributed by atoms with Crippen molar-refractivity contribution in [2.75, 3.05) is 19.6 Å². The molecule has 0 aromatic heterocycles. The molecule has 124 valence electrons. The van der Waals surface area contributed by atoms with Crippen molar-refractivity contribution < 1.29 is 0 Å². The first-order valence-corrected chi connectivity index (χ1v) is 8.98. The molecule has 2 heterocycles. The van der Waals surface area contributed by atoms with Gasteiger partial charge < -0.3 is 15.5 Å². The summed E-state index contributed by atoms with van der Waals surface area (Å²) in [5.74, 6) is 0.855. The summed E-state index contributed by atoms with van der Waals surface area (Å²) in [6.07, 6.45) is 5.18. The van der Waals surface area contributed by atoms with Crippen LogP contribution in [0.5, 0.6) is 0 Å². The van der Waals surface area contributed by atoms with Gasteiger partial charge in [0.15, 0.2) is 0 Å². The van der Waals surface area contributed by atoms with Crippen LogP contribution in [-0.2, 0) is 0 Å². The molecule has 0 aromatic carbocycles. The van der Waals surface area contributed by atoms with E-state index in [0.717, 1.165) is 5.92 Å². The van der Waals surface area contributed by atoms with E-state index >= 15 is 0 Å². The average molecular weight is 296 g/mol. The minimum atomic E-state index is 0.241. The number of hydrogen-bond acceptors (Lipinski definition) is 3. The predicted octanol–water partition coefficient (Wildman–Crippen LogP) is 3.01. The quantitative estimate of drug-likeness (QED) is 0.835. The SMILES string of the molecule is CCN1CCC(C(C)NC2CC(C)(C)NC(C)(C)C2)CC1. The highest BCUT2D eigenvalue weighted by Crippen LogP contribution is 2.30. The molecule has 1 unspecified atom stereocenters. The van der Waals surface area contributed by atoms with Crippen molar-refractivity contribution in [1.82, 2.24) is 15.5 Å². The van der Waals surface area contributed by atoms with Crippen molar-refractivity contribution in [2.24, 2.45) is 5.92 Å². The Kier molecular flexibility index (Phi) is 5.38. The van der Waals surface area contributed by atoms with Gasteiger partial charge in [-0.1, -0.05) is 6.92 Å². The first-order valence-electron chi connectivity index (χ1n) is 8.98. The number of piperidine rings is 2. The molecule has 2 aliphatic heterocycles. The Hall–Kier alpha value is -0.120. The van der Waals surface area contributed by atoms with Crippen LogP contribution in [0.4, 0.5) is 0 Å². The summed E-state index contributed by atoms with van der Waals surface area (Å²) in [5.41, 5.74) is 0.482. The van der Waals surface area contributed by atoms with Crippen molar-refractivity contribution in [1.29, 1.82) is 0 Å². The third kappa shape index (κ3) is 4.94. The Morgan fingerprint density at radius 1 is 1.10 bits per heavy atom. The molecule has 2 N–H and O–H groups in total. The molecule has 2 rings (SSSR count). The lowest BCUT2D eigenvalue weighted by Crippen LogP contribution is -2.62. The van der Waals surface area contributed by atoms with Gasteiger partial charge in [-0.15, -0.1) is 0 Å². The smallest absolute Gasteiger partial charge is 0.0144 e. The van der Waals surface area contributed by atoms with E-state index in [1.54, 1.807) is 0 Å². The van der Waals surface area contributed by atoms with Crippen LogP contribution in [0.15, 0.2) is 0 Å². The van der Waals surface area contributed by atoms with Crippen LogP contribution < -0.4 is 10.6 Å². The van der Waals surface area contributed by atoms with Gasteiger partial charge in [0.25, 0.3) is 0 Å². The minimum absolute atomic E-state index is 0.241. The molecule has 2 aliphatic rings. The van der Waals surface area contributed by atoms with Crippen LogP contribution in [0.1, 0.15) is 67.2 Å². The molecule has 0 spiro atoms. The third-order valence-corrected chi connectivity index (χ3v) is 5.48. The van der Waals surface area contributed by atoms with E-state index in [2.05, 4.69) is 57.1 Å². The summed E-state index contributed by atoms with van der Waals surface area (Å²) < 4.78 is 0. The number of hydrogen-bond donors (Lipinski definition) is 2. The van der Waals surface area contributed by atoms with E-state index in [9.17, 15) is 0 Å². The largest absolute Gasteiger partial charge is 0.311 e. The average Bonchev–Trinajstić information content (AvgIpc) is 2.35. The fourth-order valence-corrected chi connectivity index (χ4v) is 4.72. The van der Waals surface area contributed by atoms with Crippen molar-refractivity contribution in [3.8, 4) is 0 Å². The van der Waals surface area contributed by atoms with Gasteiger partial charge in [0.05, 0.1) is 0 Å². The molecule has 0 amide bonds. The number of nitrogens with one attached hydrogen (secondary N) is 2. The van der Waals surface area contributed by atoms with Gasteiger partial charge in [-0.05, 0) is 85.9 Å². The number of likely N-dealkylation sites (tertiary alicyclic amines) is 1. The molecule has 3 nitrogen and oxygen atoms in total. The van der Waals surface area contributed by atoms with Crippen LogP contribution in [0, 0.1) is 5.92 Å². The highest BCUT2D eigenvalue weighted by molar-refractivity contribution is 5.00. The maximum absolute atomic E-state index is 3.97. The number of nitrogens with zero attached hydrogens (tertiary/aromatic N) is 1. The summed E-state index contributed by atoms with van der Waals surface area (Å²) in [6, 6.07) is 1.30. The highest BCUT2D eigenvalue weighted by atomic mass is 15.1. The van der Waals surface area contributed by atoms with Gasteiger partial charge in [0.1, 0.15) is 0 Å². The van der Waals surface area contributed by atoms with Gasteiger partial charge in [0.2, 0.25) is 0 Å². The van der Waals surface area contributed by atoms with Crippen LogP contribution >= 0.6 is 0 Å². The lowest BCUT2D eigenvalue weighted by Gasteiger charge is -2.48. The Bertz CT molecular complexity index is 313. The normalized spacial score (nSPS) is 29.4. The van der Waals surface area contributed by atoms with Crippen LogP contribution in [0.25, 0.3) is 0 Å². The summed E-state index contributed by atoms with van der Waals surface area (Å²) in [6.45, 7) is 17.8. The van der Waals surface area contributed by atoms with E-state index in [1.807, 2.05) is 0 Å². The molecule has 0 saturated carbocycles. The molecule has 3 heteroatoms. The molecular formula is C18H37N3. The monoisotopic (exact) mass is 295 g/mol. The molecule has 0 bridgehead atoms. The zero-order valence-corrected chi connectivity index (χ0v) is 15.1. The third-order valence-electron chi connectivity index (χ3n) is 5.48. The fourth-order valence-electron chi connectivity index (χ4n) is 4.72. The molecule has 0 radical (unpaired) electrons. The van der Waals surface area contributed by atoms with Crippen molar-refractivity contribution in [3.05, 3.63) is 0 Å². The van der Waals surface area contributed by atoms with Gasteiger partial charge in [-0.3, -0.25) is 0 Å². The Morgan fingerprint density at radius 3 is 2.10 bits per heavy atom. The highest BCUT2D eigenvalue weighted by Gasteiger charge is 2.38. The van der Waals surface area contributed by atoms with Gasteiger partial charge in [-0.25, -0.2) is 0 Å². The van der Waals surface area contributed by atoms with Gasteiger partial charge >= 0.3 is 0 Å². The second-order valence-electron chi connectivity index (χ2n) is 8.72. The second-order valence-corrected chi connectivity index (χ2v) is 8.72. The van der Waals surface area contributed by atoms with Crippen molar-refractivity contribution >= 4 is 0 Å². The molecule has 0 aromatic rings. The second kappa shape index (κ2) is 6.55. The van der Waals surface area contributed by atoms with Crippen LogP contribution in [0.3, 0.4) is 0 Å². The Morgan fingerprint density at radius 2 is 1.62 bits per heavy atom. The zero-order valence-electron chi connectivity index (χ0n) is 15.1. The maximum atomic E-state index is 3.97. The van der Waals surface area contributed by atoms with Crippen LogP contribution in [0.2, 0.25) is 0 Å². The van der Waals surface area contributed by atoms with E-state index in [4.69, 9.17) is 0 Å². The maximum Gasteiger partial charge on any atom is 0.0144 e. The molecular weight excluding hydrogens is 258 g/mol. The van der Waals surface area contributed by atoms with E-state index in [0.29, 0.717) is 12.1 Å². The summed E-state index contributed by atoms with van der Waals surface area (Å²) >= 11 is 0. The molecule has 0 aliphatic carbocycles. The fraction of sp³-hybridized carbons (Fsp3) is 1.00. The minimum Gasteiger partial charge on any atom is -0.311 e. The zero-order chi connectivity index (χ0) is 15.7. The molecule has 21 heavy (non-hydrogen) atoms. The topological polar surface area (TPSA) is 27.3 Å². The Labute approximate surface area is 132 Å². The summed E-state index contributed by atoms with van der Waals surface area (Å²) in [7, 11) is 0. The van der Waals surface area contributed by atoms with Crippen molar-refractivity contribution in [3.63, 3.8) is 0 Å². The lowest BCUT2D eigenvalue weighted by atomic mass is 9.79. The van der Waals surface area contributed by atoms with E-state index < -0.39 is 0 Å². The van der Waals surface area contributed by atoms with Crippen LogP contribution in [-0.4, -0.2) is 47.7 Å². The van der Waals surface area contributed by atoms with E-state index in [1.165, 1.54) is 45.3 Å². The lowest BCUT2D eigenvalue weighted by molar-refractivity contribution is 0.119. The summed E-state index contributed by atoms with van der Waals surface area (Å²) in [4.78, 5) is 2.58. The van der Waals surface area contributed by atoms with Crippen molar-refractivity contribution in [2.45, 2.75) is 90.4 Å². The first kappa shape index (κ1) is 17.2. The standard InChI is InChI=1S/C18H37N3/c1-7-21-10-8-15(9-11-21)14(2)19-16-12-17(3,4)20-18(5,6)13-16/h14-16,19-20H,7-13H2,1-6H3. The predicted molar refractivity (Wildman–Crippen MR) is 91.8 cm³/mol. The van der Waals surface area contributed by atoms with Gasteiger partial charge in [-0.2, -0.15) is 0 Å². The summed E-state index contributed by atoms with van der Waals surface area (Å²) in [5, 5.41) is 7.76. The van der Waals surface area contributed by atoms with E-state index in [-0.39, 0.29) is 11.1 Å². The van der Waals surface area contributed by atoms with Gasteiger partial charge in [0, 0.05) is 23.2 Å². The Balaban J connectivity index is 1.86. The molecule has 2 saturated heterocycles. The number of rotatable bonds is 4. The first-order chi connectivity index (χ1) is 9.71. The molecule has 2 fully saturated rings.